The Kier molecular flexibility index (Phi) is 1.69. The third-order valence-corrected chi connectivity index (χ3v) is 1.93. The molecule has 0 saturated carbocycles. The van der Waals surface area contributed by atoms with E-state index in [0.29, 0.717) is 5.22 Å². The van der Waals surface area contributed by atoms with Gasteiger partial charge in [0.2, 0.25) is 0 Å². The lowest BCUT2D eigenvalue weighted by Crippen LogP contribution is -2.16. The quantitative estimate of drug-likeness (QED) is 0.529. The molecule has 0 unspecified atom stereocenters. The number of carbonyl (C=O) groups is 1. The Labute approximate surface area is 74.5 Å². The molecule has 0 heterocycles. The van der Waals surface area contributed by atoms with Gasteiger partial charge in [0.25, 0.3) is 0 Å². The molecule has 1 aromatic carbocycles. The lowest BCUT2D eigenvalue weighted by molar-refractivity contribution is -0.109. The van der Waals surface area contributed by atoms with Gasteiger partial charge in [-0.15, -0.1) is 0 Å². The number of carbonyl (C=O) groups excluding carboxylic acids is 2. The molecule has 0 fully saturated rings. The summed E-state index contributed by atoms with van der Waals surface area (Å²) in [5, 5.41) is 1.36. The van der Waals surface area contributed by atoms with Gasteiger partial charge in [-0.2, -0.15) is 0 Å². The van der Waals surface area contributed by atoms with Crippen molar-refractivity contribution in [3.63, 3.8) is 0 Å². The van der Waals surface area contributed by atoms with Crippen LogP contribution in [0.3, 0.4) is 0 Å². The Morgan fingerprint density at radius 2 is 2.00 bits per heavy atom. The Bertz CT molecular complexity index is 532. The molecular formula is C11H6O2. The average molecular weight is 170 g/mol. The molecule has 0 amide bonds. The summed E-state index contributed by atoms with van der Waals surface area (Å²) in [6.45, 7) is 0. The van der Waals surface area contributed by atoms with E-state index in [4.69, 9.17) is 0 Å². The molecule has 1 aliphatic rings. The number of hydrogen-bond donors (Lipinski definition) is 0. The van der Waals surface area contributed by atoms with Crippen LogP contribution in [0.4, 0.5) is 0 Å². The van der Waals surface area contributed by atoms with Crippen molar-refractivity contribution in [1.82, 2.24) is 0 Å². The van der Waals surface area contributed by atoms with Crippen molar-refractivity contribution in [1.29, 1.82) is 0 Å². The van der Waals surface area contributed by atoms with Crippen molar-refractivity contribution in [2.75, 3.05) is 0 Å². The van der Waals surface area contributed by atoms with E-state index in [1.165, 1.54) is 6.08 Å². The van der Waals surface area contributed by atoms with Crippen LogP contribution < -0.4 is 10.4 Å². The first kappa shape index (κ1) is 7.71. The van der Waals surface area contributed by atoms with Crippen LogP contribution in [-0.2, 0) is 9.59 Å². The molecule has 0 spiro atoms. The maximum atomic E-state index is 11.0. The summed E-state index contributed by atoms with van der Waals surface area (Å²) in [5.74, 6) is 1.79. The third-order valence-electron chi connectivity index (χ3n) is 1.93. The van der Waals surface area contributed by atoms with Gasteiger partial charge in [-0.25, -0.2) is 4.79 Å². The van der Waals surface area contributed by atoms with Crippen molar-refractivity contribution in [2.45, 2.75) is 0 Å². The van der Waals surface area contributed by atoms with Gasteiger partial charge < -0.3 is 0 Å². The monoisotopic (exact) mass is 170 g/mol. The zero-order chi connectivity index (χ0) is 9.26. The van der Waals surface area contributed by atoms with E-state index in [1.54, 1.807) is 36.3 Å². The number of hydrogen-bond acceptors (Lipinski definition) is 2. The van der Waals surface area contributed by atoms with Crippen LogP contribution in [-0.4, -0.2) is 11.7 Å². The number of allylic oxidation sites excluding steroid dienone is 1. The largest absolute Gasteiger partial charge is 0.290 e. The summed E-state index contributed by atoms with van der Waals surface area (Å²) in [7, 11) is 0. The number of fused-ring (bicyclic) bond motifs is 1. The lowest BCUT2D eigenvalue weighted by Gasteiger charge is -1.98. The molecule has 13 heavy (non-hydrogen) atoms. The molecule has 0 aromatic heterocycles. The standard InChI is InChI=1S/C11H6O2/c12-7-8-1-2-10-6-11(13)4-3-9(10)5-8/h1-6H. The minimum atomic E-state index is -0.0182. The fourth-order valence-electron chi connectivity index (χ4n) is 1.29. The van der Waals surface area contributed by atoms with Gasteiger partial charge in [0.15, 0.2) is 5.78 Å². The first-order chi connectivity index (χ1) is 6.29. The fourth-order valence-corrected chi connectivity index (χ4v) is 1.29. The molecule has 0 radical (unpaired) electrons. The second-order valence-corrected chi connectivity index (χ2v) is 2.83. The second kappa shape index (κ2) is 2.85. The molecule has 2 rings (SSSR count). The second-order valence-electron chi connectivity index (χ2n) is 2.83. The van der Waals surface area contributed by atoms with Crippen LogP contribution in [0.2, 0.25) is 0 Å². The highest BCUT2D eigenvalue weighted by atomic mass is 16.1. The topological polar surface area (TPSA) is 34.1 Å². The highest BCUT2D eigenvalue weighted by Crippen LogP contribution is 1.97. The smallest absolute Gasteiger partial charge is 0.179 e. The number of benzene rings is 1. The Morgan fingerprint density at radius 1 is 1.15 bits per heavy atom. The average Bonchev–Trinajstić information content (AvgIpc) is 2.17. The highest BCUT2D eigenvalue weighted by molar-refractivity contribution is 6.16. The minimum Gasteiger partial charge on any atom is -0.290 e. The molecule has 1 aliphatic carbocycles. The van der Waals surface area contributed by atoms with Crippen LogP contribution in [0.25, 0.3) is 12.2 Å². The summed E-state index contributed by atoms with van der Waals surface area (Å²) in [5.41, 5.74) is 0.889. The van der Waals surface area contributed by atoms with E-state index in [2.05, 4.69) is 0 Å². The molecule has 2 heteroatoms. The number of ketones is 1. The van der Waals surface area contributed by atoms with Crippen molar-refractivity contribution < 1.29 is 9.59 Å². The Hall–Kier alpha value is -1.92. The minimum absolute atomic E-state index is 0.0182. The van der Waals surface area contributed by atoms with Crippen LogP contribution in [0, 0.1) is 0 Å². The van der Waals surface area contributed by atoms with Gasteiger partial charge in [-0.3, -0.25) is 4.79 Å². The summed E-state index contributed by atoms with van der Waals surface area (Å²) in [4.78, 5) is 21.3. The van der Waals surface area contributed by atoms with Gasteiger partial charge in [-0.1, -0.05) is 12.1 Å². The first-order valence-electron chi connectivity index (χ1n) is 3.88. The van der Waals surface area contributed by atoms with Crippen molar-refractivity contribution >= 4 is 23.9 Å². The van der Waals surface area contributed by atoms with Gasteiger partial charge in [-0.05, 0) is 35.1 Å². The van der Waals surface area contributed by atoms with E-state index in [-0.39, 0.29) is 5.78 Å². The molecule has 0 atom stereocenters. The maximum Gasteiger partial charge on any atom is 0.179 e. The van der Waals surface area contributed by atoms with Gasteiger partial charge >= 0.3 is 0 Å². The van der Waals surface area contributed by atoms with E-state index in [1.807, 2.05) is 0 Å². The van der Waals surface area contributed by atoms with Gasteiger partial charge in [0.1, 0.15) is 5.94 Å². The van der Waals surface area contributed by atoms with Crippen LogP contribution >= 0.6 is 0 Å². The molecule has 2 nitrogen and oxygen atoms in total. The van der Waals surface area contributed by atoms with E-state index in [0.717, 1.165) is 10.8 Å². The summed E-state index contributed by atoms with van der Waals surface area (Å²) >= 11 is 0. The molecule has 0 saturated heterocycles. The number of rotatable bonds is 0. The molecule has 62 valence electrons. The van der Waals surface area contributed by atoms with E-state index >= 15 is 0 Å². The lowest BCUT2D eigenvalue weighted by atomic mass is 10.0. The zero-order valence-corrected chi connectivity index (χ0v) is 6.78. The molecule has 1 aromatic rings. The highest BCUT2D eigenvalue weighted by Gasteiger charge is 2.00. The van der Waals surface area contributed by atoms with Crippen molar-refractivity contribution in [3.8, 4) is 0 Å². The summed E-state index contributed by atoms with van der Waals surface area (Å²) < 4.78 is 0. The molecular weight excluding hydrogens is 164 g/mol. The molecule has 0 N–H and O–H groups in total. The zero-order valence-electron chi connectivity index (χ0n) is 6.78. The Morgan fingerprint density at radius 3 is 2.77 bits per heavy atom. The normalized spacial score (nSPS) is 13.1. The fraction of sp³-hybridized carbons (Fsp3) is 0. The van der Waals surface area contributed by atoms with Gasteiger partial charge in [0.05, 0.1) is 5.22 Å². The van der Waals surface area contributed by atoms with Gasteiger partial charge in [0, 0.05) is 0 Å². The Balaban J connectivity index is 2.83. The van der Waals surface area contributed by atoms with Crippen LogP contribution in [0.1, 0.15) is 5.56 Å². The SMILES string of the molecule is O=C=c1ccc2c(c1)C=CC(=O)C=2. The summed E-state index contributed by atoms with van der Waals surface area (Å²) in [6, 6.07) is 5.10. The maximum absolute atomic E-state index is 11.0. The molecule has 0 aliphatic heterocycles. The van der Waals surface area contributed by atoms with Crippen LogP contribution in [0.5, 0.6) is 0 Å². The predicted octanol–water partition coefficient (Wildman–Crippen LogP) is -0.434. The van der Waals surface area contributed by atoms with Crippen LogP contribution in [0.15, 0.2) is 24.3 Å². The summed E-state index contributed by atoms with van der Waals surface area (Å²) in [6.07, 6.45) is 4.74. The van der Waals surface area contributed by atoms with Crippen molar-refractivity contribution in [3.05, 3.63) is 40.3 Å². The van der Waals surface area contributed by atoms with E-state index < -0.39 is 0 Å². The predicted molar refractivity (Wildman–Crippen MR) is 49.0 cm³/mol. The first-order valence-corrected chi connectivity index (χ1v) is 3.88. The third kappa shape index (κ3) is 1.35. The van der Waals surface area contributed by atoms with E-state index in [9.17, 15) is 9.59 Å². The molecule has 0 bridgehead atoms. The van der Waals surface area contributed by atoms with Crippen molar-refractivity contribution in [2.24, 2.45) is 0 Å².